The zero-order chi connectivity index (χ0) is 26.4. The Morgan fingerprint density at radius 3 is 1.11 bits per heavy atom. The van der Waals surface area contributed by atoms with Gasteiger partial charge in [-0.1, -0.05) is 203 Å². The molecule has 0 atom stereocenters. The van der Waals surface area contributed by atoms with Crippen LogP contribution in [0.4, 0.5) is 0 Å². The summed E-state index contributed by atoms with van der Waals surface area (Å²) in [5.74, 6) is 0.625. The zero-order valence-corrected chi connectivity index (χ0v) is 27.8. The van der Waals surface area contributed by atoms with Crippen molar-refractivity contribution < 1.29 is 0 Å². The van der Waals surface area contributed by atoms with Crippen molar-refractivity contribution in [3.8, 4) is 0 Å². The number of thiocarbonyl (C=S) groups is 1. The highest BCUT2D eigenvalue weighted by Crippen LogP contribution is 2.21. The van der Waals surface area contributed by atoms with Crippen molar-refractivity contribution in [3.63, 3.8) is 0 Å². The molecule has 0 saturated heterocycles. The third kappa shape index (κ3) is 27.6. The number of hydrogen-bond acceptors (Lipinski definition) is 1. The van der Waals surface area contributed by atoms with Gasteiger partial charge in [0, 0.05) is 16.9 Å². The summed E-state index contributed by atoms with van der Waals surface area (Å²) >= 11 is 8.32. The molecule has 0 aromatic carbocycles. The van der Waals surface area contributed by atoms with Gasteiger partial charge in [-0.05, 0) is 19.3 Å². The predicted molar refractivity (Wildman–Crippen MR) is 179 cm³/mol. The van der Waals surface area contributed by atoms with Gasteiger partial charge in [-0.2, -0.15) is 0 Å². The highest BCUT2D eigenvalue weighted by atomic mass is 127. The van der Waals surface area contributed by atoms with E-state index < -0.39 is 0 Å². The van der Waals surface area contributed by atoms with Crippen LogP contribution in [0.1, 0.15) is 187 Å². The summed E-state index contributed by atoms with van der Waals surface area (Å²) in [6.45, 7) is 5.67. The number of hydrogen-bond donors (Lipinski definition) is 1. The minimum Gasteiger partial charge on any atom is -0.379 e. The highest BCUT2D eigenvalue weighted by Gasteiger charge is 2.14. The molecule has 1 nitrogen and oxygen atoms in total. The second-order valence-corrected chi connectivity index (χ2v) is 12.9. The molecule has 0 aliphatic carbocycles. The van der Waals surface area contributed by atoms with E-state index >= 15 is 0 Å². The van der Waals surface area contributed by atoms with Crippen molar-refractivity contribution in [2.75, 3.05) is 11.0 Å². The van der Waals surface area contributed by atoms with Crippen molar-refractivity contribution in [1.82, 2.24) is 5.32 Å². The molecular formula is C33H66INS. The van der Waals surface area contributed by atoms with E-state index in [0.29, 0.717) is 5.92 Å². The number of nitrogens with one attached hydrogen (secondary N) is 1. The van der Waals surface area contributed by atoms with E-state index in [-0.39, 0.29) is 0 Å². The molecule has 0 heterocycles. The first kappa shape index (κ1) is 36.6. The van der Waals surface area contributed by atoms with Gasteiger partial charge in [-0.15, -0.1) is 0 Å². The van der Waals surface area contributed by atoms with Crippen LogP contribution >= 0.6 is 34.8 Å². The van der Waals surface area contributed by atoms with Crippen molar-refractivity contribution >= 4 is 39.8 Å². The van der Waals surface area contributed by atoms with E-state index in [4.69, 9.17) is 12.2 Å². The third-order valence-corrected chi connectivity index (χ3v) is 9.03. The minimum atomic E-state index is 0.625. The average molecular weight is 636 g/mol. The van der Waals surface area contributed by atoms with Crippen LogP contribution in [-0.2, 0) is 0 Å². The van der Waals surface area contributed by atoms with Gasteiger partial charge in [0.25, 0.3) is 0 Å². The maximum Gasteiger partial charge on any atom is 0.0784 e. The lowest BCUT2D eigenvalue weighted by Crippen LogP contribution is -2.30. The summed E-state index contributed by atoms with van der Waals surface area (Å²) in [5.41, 5.74) is 0. The second kappa shape index (κ2) is 31.8. The smallest absolute Gasteiger partial charge is 0.0784 e. The van der Waals surface area contributed by atoms with Crippen LogP contribution in [-0.4, -0.2) is 16.0 Å². The van der Waals surface area contributed by atoms with E-state index in [1.165, 1.54) is 183 Å². The lowest BCUT2D eigenvalue weighted by Gasteiger charge is -2.19. The van der Waals surface area contributed by atoms with Crippen LogP contribution in [0.5, 0.6) is 0 Å². The van der Waals surface area contributed by atoms with Crippen LogP contribution in [0.3, 0.4) is 0 Å². The van der Waals surface area contributed by atoms with Crippen LogP contribution in [0.2, 0.25) is 0 Å². The molecule has 36 heavy (non-hydrogen) atoms. The van der Waals surface area contributed by atoms with E-state index in [2.05, 4.69) is 41.8 Å². The van der Waals surface area contributed by atoms with E-state index in [9.17, 15) is 0 Å². The standard InChI is InChI=1S/C33H66INS/c1-3-5-7-9-11-13-15-17-19-21-23-25-28-32(33(36)35-31-27-30-34)29-26-24-22-20-18-16-14-12-10-8-6-4-2/h32H,3-31H2,1-2H3,(H,35,36). The average Bonchev–Trinajstić information content (AvgIpc) is 2.88. The summed E-state index contributed by atoms with van der Waals surface area (Å²) in [6.07, 6.45) is 38.2. The Kier molecular flexibility index (Phi) is 32.4. The molecule has 1 N–H and O–H groups in total. The fraction of sp³-hybridized carbons (Fsp3) is 0.970. The molecular weight excluding hydrogens is 569 g/mol. The van der Waals surface area contributed by atoms with E-state index in [1.54, 1.807) is 0 Å². The lowest BCUT2D eigenvalue weighted by molar-refractivity contribution is 0.474. The number of alkyl halides is 1. The summed E-state index contributed by atoms with van der Waals surface area (Å²) in [5, 5.41) is 3.60. The molecule has 0 saturated carbocycles. The van der Waals surface area contributed by atoms with Crippen molar-refractivity contribution in [2.24, 2.45) is 5.92 Å². The van der Waals surface area contributed by atoms with Crippen LogP contribution < -0.4 is 5.32 Å². The normalized spacial score (nSPS) is 11.4. The molecule has 0 amide bonds. The molecule has 216 valence electrons. The molecule has 0 bridgehead atoms. The quantitative estimate of drug-likeness (QED) is 0.0365. The maximum atomic E-state index is 5.85. The van der Waals surface area contributed by atoms with Gasteiger partial charge in [-0.25, -0.2) is 0 Å². The Labute approximate surface area is 248 Å². The van der Waals surface area contributed by atoms with Gasteiger partial charge in [0.15, 0.2) is 0 Å². The van der Waals surface area contributed by atoms with Crippen molar-refractivity contribution in [2.45, 2.75) is 187 Å². The second-order valence-electron chi connectivity index (χ2n) is 11.4. The Balaban J connectivity index is 3.82. The fourth-order valence-electron chi connectivity index (χ4n) is 5.29. The summed E-state index contributed by atoms with van der Waals surface area (Å²) < 4.78 is 1.22. The third-order valence-electron chi connectivity index (χ3n) is 7.79. The first-order valence-corrected chi connectivity index (χ1v) is 18.5. The zero-order valence-electron chi connectivity index (χ0n) is 24.9. The van der Waals surface area contributed by atoms with Gasteiger partial charge in [0.2, 0.25) is 0 Å². The Morgan fingerprint density at radius 2 is 0.806 bits per heavy atom. The van der Waals surface area contributed by atoms with E-state index in [1.807, 2.05) is 0 Å². The largest absolute Gasteiger partial charge is 0.379 e. The molecule has 0 spiro atoms. The summed E-state index contributed by atoms with van der Waals surface area (Å²) in [6, 6.07) is 0. The topological polar surface area (TPSA) is 12.0 Å². The molecule has 0 aromatic rings. The van der Waals surface area contributed by atoms with Gasteiger partial charge >= 0.3 is 0 Å². The number of unbranched alkanes of at least 4 members (excludes halogenated alkanes) is 22. The summed E-state index contributed by atoms with van der Waals surface area (Å²) in [7, 11) is 0. The molecule has 0 fully saturated rings. The molecule has 0 aliphatic heterocycles. The molecule has 0 aromatic heterocycles. The Morgan fingerprint density at radius 1 is 0.500 bits per heavy atom. The summed E-state index contributed by atoms with van der Waals surface area (Å²) in [4.78, 5) is 1.17. The van der Waals surface area contributed by atoms with Crippen LogP contribution in [0.15, 0.2) is 0 Å². The number of halogens is 1. The molecule has 0 radical (unpaired) electrons. The fourth-order valence-corrected chi connectivity index (χ4v) is 6.01. The Bertz CT molecular complexity index is 400. The first-order valence-electron chi connectivity index (χ1n) is 16.6. The van der Waals surface area contributed by atoms with Gasteiger partial charge < -0.3 is 5.32 Å². The lowest BCUT2D eigenvalue weighted by atomic mass is 9.93. The van der Waals surface area contributed by atoms with E-state index in [0.717, 1.165) is 6.54 Å². The SMILES string of the molecule is CCCCCCCCCCCCCCC(CCCCCCCCCCCCCC)C(=S)NCCCI. The van der Waals surface area contributed by atoms with Crippen LogP contribution in [0.25, 0.3) is 0 Å². The monoisotopic (exact) mass is 635 g/mol. The molecule has 0 rings (SSSR count). The molecule has 0 aliphatic rings. The van der Waals surface area contributed by atoms with Crippen LogP contribution in [0, 0.1) is 5.92 Å². The first-order chi connectivity index (χ1) is 17.8. The van der Waals surface area contributed by atoms with Gasteiger partial charge in [0.05, 0.1) is 4.99 Å². The predicted octanol–water partition coefficient (Wildman–Crippen LogP) is 12.5. The van der Waals surface area contributed by atoms with Gasteiger partial charge in [-0.3, -0.25) is 0 Å². The van der Waals surface area contributed by atoms with Crippen molar-refractivity contribution in [3.05, 3.63) is 0 Å². The highest BCUT2D eigenvalue weighted by molar-refractivity contribution is 14.1. The number of rotatable bonds is 30. The van der Waals surface area contributed by atoms with Gasteiger partial charge in [0.1, 0.15) is 0 Å². The molecule has 3 heteroatoms. The Hall–Kier alpha value is 0.620. The minimum absolute atomic E-state index is 0.625. The molecule has 0 unspecified atom stereocenters. The van der Waals surface area contributed by atoms with Crippen molar-refractivity contribution in [1.29, 1.82) is 0 Å². The maximum absolute atomic E-state index is 5.85.